The summed E-state index contributed by atoms with van der Waals surface area (Å²) in [6.07, 6.45) is 1.62. The average molecular weight is 364 g/mol. The molecule has 0 N–H and O–H groups in total. The zero-order valence-electron chi connectivity index (χ0n) is 14.7. The Morgan fingerprint density at radius 2 is 1.80 bits per heavy atom. The number of aryl methyl sites for hydroxylation is 1. The van der Waals surface area contributed by atoms with E-state index in [1.807, 2.05) is 31.2 Å². The Morgan fingerprint density at radius 3 is 2.36 bits per heavy atom. The summed E-state index contributed by atoms with van der Waals surface area (Å²) in [6.45, 7) is 6.25. The molecule has 1 aliphatic heterocycles. The molecule has 7 nitrogen and oxygen atoms in total. The van der Waals surface area contributed by atoms with Crippen molar-refractivity contribution >= 4 is 15.7 Å². The third-order valence-electron chi connectivity index (χ3n) is 4.41. The van der Waals surface area contributed by atoms with Gasteiger partial charge in [0.1, 0.15) is 0 Å². The van der Waals surface area contributed by atoms with Gasteiger partial charge in [0.05, 0.1) is 5.75 Å². The standard InChI is InChI=1S/C17H24N4O3S/c1-3-4-13-25(22,23)21-11-9-20(10-12-21)16-7-5-15(6-8-16)17-18-14(2)24-19-17/h5-8H,3-4,9-13H2,1-2H3. The molecule has 1 fully saturated rings. The number of rotatable bonds is 6. The number of sulfonamides is 1. The van der Waals surface area contributed by atoms with Gasteiger partial charge in [0.25, 0.3) is 0 Å². The van der Waals surface area contributed by atoms with Gasteiger partial charge in [-0.1, -0.05) is 18.5 Å². The first-order valence-corrected chi connectivity index (χ1v) is 10.2. The van der Waals surface area contributed by atoms with Crippen LogP contribution in [0.15, 0.2) is 28.8 Å². The third kappa shape index (κ3) is 4.19. The number of nitrogens with zero attached hydrogens (tertiary/aromatic N) is 4. The Bertz CT molecular complexity index is 794. The fourth-order valence-corrected chi connectivity index (χ4v) is 4.55. The zero-order valence-corrected chi connectivity index (χ0v) is 15.5. The van der Waals surface area contributed by atoms with Gasteiger partial charge in [0, 0.05) is 44.4 Å². The highest BCUT2D eigenvalue weighted by Crippen LogP contribution is 2.22. The molecule has 3 rings (SSSR count). The normalized spacial score (nSPS) is 16.3. The molecule has 0 spiro atoms. The second-order valence-corrected chi connectivity index (χ2v) is 8.33. The zero-order chi connectivity index (χ0) is 17.9. The van der Waals surface area contributed by atoms with Crippen molar-refractivity contribution < 1.29 is 12.9 Å². The molecule has 1 aromatic heterocycles. The summed E-state index contributed by atoms with van der Waals surface area (Å²) in [4.78, 5) is 6.43. The summed E-state index contributed by atoms with van der Waals surface area (Å²) in [6, 6.07) is 7.96. The predicted molar refractivity (Wildman–Crippen MR) is 97.0 cm³/mol. The first kappa shape index (κ1) is 17.9. The number of benzene rings is 1. The van der Waals surface area contributed by atoms with Crippen molar-refractivity contribution in [2.75, 3.05) is 36.8 Å². The van der Waals surface area contributed by atoms with E-state index in [4.69, 9.17) is 4.52 Å². The Hall–Kier alpha value is -1.93. The summed E-state index contributed by atoms with van der Waals surface area (Å²) < 4.78 is 31.2. The Balaban J connectivity index is 1.61. The van der Waals surface area contributed by atoms with Crippen molar-refractivity contribution in [1.82, 2.24) is 14.4 Å². The lowest BCUT2D eigenvalue weighted by Gasteiger charge is -2.35. The van der Waals surface area contributed by atoms with Crippen LogP contribution in [0.3, 0.4) is 0 Å². The number of hydrogen-bond donors (Lipinski definition) is 0. The van der Waals surface area contributed by atoms with E-state index in [0.717, 1.165) is 24.1 Å². The van der Waals surface area contributed by atoms with Crippen LogP contribution in [0, 0.1) is 6.92 Å². The molecule has 0 radical (unpaired) electrons. The van der Waals surface area contributed by atoms with Crippen molar-refractivity contribution in [3.8, 4) is 11.4 Å². The molecular formula is C17H24N4O3S. The van der Waals surface area contributed by atoms with Gasteiger partial charge in [-0.25, -0.2) is 8.42 Å². The maximum absolute atomic E-state index is 12.3. The molecule has 2 aromatic rings. The fourth-order valence-electron chi connectivity index (χ4n) is 2.92. The van der Waals surface area contributed by atoms with Gasteiger partial charge in [0.15, 0.2) is 0 Å². The SMILES string of the molecule is CCCCS(=O)(=O)N1CCN(c2ccc(-c3noc(C)n3)cc2)CC1. The minimum Gasteiger partial charge on any atom is -0.369 e. The van der Waals surface area contributed by atoms with Gasteiger partial charge in [-0.2, -0.15) is 9.29 Å². The maximum Gasteiger partial charge on any atom is 0.223 e. The summed E-state index contributed by atoms with van der Waals surface area (Å²) >= 11 is 0. The Morgan fingerprint density at radius 1 is 1.12 bits per heavy atom. The van der Waals surface area contributed by atoms with Crippen LogP contribution in [0.5, 0.6) is 0 Å². The molecule has 0 saturated carbocycles. The number of aromatic nitrogens is 2. The van der Waals surface area contributed by atoms with Crippen molar-refractivity contribution in [1.29, 1.82) is 0 Å². The Kier molecular flexibility index (Phi) is 5.39. The first-order chi connectivity index (χ1) is 12.0. The van der Waals surface area contributed by atoms with E-state index in [2.05, 4.69) is 15.0 Å². The van der Waals surface area contributed by atoms with Crippen LogP contribution in [-0.2, 0) is 10.0 Å². The molecule has 1 aliphatic rings. The largest absolute Gasteiger partial charge is 0.369 e. The van der Waals surface area contributed by atoms with Crippen LogP contribution >= 0.6 is 0 Å². The van der Waals surface area contributed by atoms with Crippen LogP contribution in [-0.4, -0.2) is 54.8 Å². The summed E-state index contributed by atoms with van der Waals surface area (Å²) in [5, 5.41) is 3.92. The van der Waals surface area contributed by atoms with Gasteiger partial charge in [-0.3, -0.25) is 0 Å². The highest BCUT2D eigenvalue weighted by Gasteiger charge is 2.26. The third-order valence-corrected chi connectivity index (χ3v) is 6.36. The van der Waals surface area contributed by atoms with Gasteiger partial charge >= 0.3 is 0 Å². The summed E-state index contributed by atoms with van der Waals surface area (Å²) in [7, 11) is -3.11. The Labute approximate surface area is 148 Å². The molecule has 25 heavy (non-hydrogen) atoms. The second kappa shape index (κ2) is 7.53. The number of anilines is 1. The molecule has 1 saturated heterocycles. The highest BCUT2D eigenvalue weighted by molar-refractivity contribution is 7.89. The molecule has 2 heterocycles. The summed E-state index contributed by atoms with van der Waals surface area (Å²) in [5.41, 5.74) is 1.98. The second-order valence-electron chi connectivity index (χ2n) is 6.24. The van der Waals surface area contributed by atoms with Crippen molar-refractivity contribution in [3.05, 3.63) is 30.2 Å². The van der Waals surface area contributed by atoms with Gasteiger partial charge in [-0.15, -0.1) is 0 Å². The molecule has 0 bridgehead atoms. The van der Waals surface area contributed by atoms with E-state index in [-0.39, 0.29) is 5.75 Å². The predicted octanol–water partition coefficient (Wildman–Crippen LogP) is 2.30. The van der Waals surface area contributed by atoms with Gasteiger partial charge in [-0.05, 0) is 30.7 Å². The van der Waals surface area contributed by atoms with Crippen molar-refractivity contribution in [2.45, 2.75) is 26.7 Å². The lowest BCUT2D eigenvalue weighted by atomic mass is 10.1. The van der Waals surface area contributed by atoms with Crippen LogP contribution in [0.25, 0.3) is 11.4 Å². The minimum atomic E-state index is -3.11. The lowest BCUT2D eigenvalue weighted by Crippen LogP contribution is -2.49. The van der Waals surface area contributed by atoms with Gasteiger partial charge < -0.3 is 9.42 Å². The average Bonchev–Trinajstić information content (AvgIpc) is 3.07. The first-order valence-electron chi connectivity index (χ1n) is 8.63. The van der Waals surface area contributed by atoms with E-state index < -0.39 is 10.0 Å². The van der Waals surface area contributed by atoms with Crippen LogP contribution in [0.2, 0.25) is 0 Å². The number of hydrogen-bond acceptors (Lipinski definition) is 6. The monoisotopic (exact) mass is 364 g/mol. The molecule has 1 aromatic carbocycles. The van der Waals surface area contributed by atoms with Crippen molar-refractivity contribution in [3.63, 3.8) is 0 Å². The number of unbranched alkanes of at least 4 members (excludes halogenated alkanes) is 1. The van der Waals surface area contributed by atoms with Crippen LogP contribution in [0.1, 0.15) is 25.7 Å². The van der Waals surface area contributed by atoms with Crippen molar-refractivity contribution in [2.24, 2.45) is 0 Å². The van der Waals surface area contributed by atoms with E-state index in [1.54, 1.807) is 11.2 Å². The molecule has 0 aliphatic carbocycles. The number of piperazine rings is 1. The van der Waals surface area contributed by atoms with Crippen LogP contribution in [0.4, 0.5) is 5.69 Å². The summed E-state index contributed by atoms with van der Waals surface area (Å²) in [5.74, 6) is 1.37. The molecule has 0 atom stereocenters. The maximum atomic E-state index is 12.3. The molecule has 0 unspecified atom stereocenters. The quantitative estimate of drug-likeness (QED) is 0.782. The molecule has 0 amide bonds. The van der Waals surface area contributed by atoms with Gasteiger partial charge in [0.2, 0.25) is 21.7 Å². The minimum absolute atomic E-state index is 0.252. The lowest BCUT2D eigenvalue weighted by molar-refractivity contribution is 0.384. The topological polar surface area (TPSA) is 79.5 Å². The van der Waals surface area contributed by atoms with E-state index in [0.29, 0.717) is 37.9 Å². The molecule has 136 valence electrons. The highest BCUT2D eigenvalue weighted by atomic mass is 32.2. The van der Waals surface area contributed by atoms with E-state index >= 15 is 0 Å². The molecular weight excluding hydrogens is 340 g/mol. The smallest absolute Gasteiger partial charge is 0.223 e. The van der Waals surface area contributed by atoms with E-state index in [9.17, 15) is 8.42 Å². The molecule has 8 heteroatoms. The fraction of sp³-hybridized carbons (Fsp3) is 0.529. The van der Waals surface area contributed by atoms with E-state index in [1.165, 1.54) is 0 Å². The van der Waals surface area contributed by atoms with Crippen LogP contribution < -0.4 is 4.90 Å².